The lowest BCUT2D eigenvalue weighted by Crippen LogP contribution is -2.36. The van der Waals surface area contributed by atoms with Gasteiger partial charge in [-0.15, -0.1) is 0 Å². The van der Waals surface area contributed by atoms with E-state index in [1.54, 1.807) is 6.20 Å². The molecule has 24 heavy (non-hydrogen) atoms. The first-order valence-corrected chi connectivity index (χ1v) is 9.19. The Morgan fingerprint density at radius 3 is 2.92 bits per heavy atom. The van der Waals surface area contributed by atoms with Crippen LogP contribution in [-0.4, -0.2) is 51.3 Å². The second-order valence-electron chi connectivity index (χ2n) is 6.05. The third-order valence-corrected chi connectivity index (χ3v) is 5.19. The summed E-state index contributed by atoms with van der Waals surface area (Å²) in [5.74, 6) is 1.10. The molecular weight excluding hydrogens is 322 g/mol. The molecule has 1 saturated heterocycles. The summed E-state index contributed by atoms with van der Waals surface area (Å²) in [4.78, 5) is 25.5. The molecular formula is C17H23N5OS. The first-order chi connectivity index (χ1) is 11.7. The van der Waals surface area contributed by atoms with Crippen LogP contribution in [0.2, 0.25) is 0 Å². The molecule has 0 saturated carbocycles. The van der Waals surface area contributed by atoms with Crippen LogP contribution in [-0.2, 0) is 17.6 Å². The van der Waals surface area contributed by atoms with Crippen LogP contribution in [0.4, 0.5) is 5.13 Å². The maximum Gasteiger partial charge on any atom is 0.227 e. The van der Waals surface area contributed by atoms with E-state index in [2.05, 4.69) is 26.2 Å². The summed E-state index contributed by atoms with van der Waals surface area (Å²) in [6, 6.07) is 1.94. The molecule has 1 aliphatic rings. The Balaban J connectivity index is 1.60. The summed E-state index contributed by atoms with van der Waals surface area (Å²) in [5.41, 5.74) is 2.14. The Kier molecular flexibility index (Phi) is 5.40. The first kappa shape index (κ1) is 16.8. The average Bonchev–Trinajstić information content (AvgIpc) is 2.93. The molecule has 3 rings (SSSR count). The molecule has 128 valence electrons. The molecule has 0 aliphatic carbocycles. The van der Waals surface area contributed by atoms with Gasteiger partial charge in [-0.1, -0.05) is 6.92 Å². The lowest BCUT2D eigenvalue weighted by Gasteiger charge is -2.22. The number of aromatic nitrogens is 3. The number of amides is 1. The second-order valence-corrected chi connectivity index (χ2v) is 6.78. The van der Waals surface area contributed by atoms with Gasteiger partial charge in [0.05, 0.1) is 6.42 Å². The maximum atomic E-state index is 12.6. The zero-order valence-electron chi connectivity index (χ0n) is 14.2. The van der Waals surface area contributed by atoms with Gasteiger partial charge in [-0.2, -0.15) is 4.37 Å². The summed E-state index contributed by atoms with van der Waals surface area (Å²) >= 11 is 1.46. The van der Waals surface area contributed by atoms with E-state index in [0.717, 1.165) is 61.1 Å². The lowest BCUT2D eigenvalue weighted by atomic mass is 10.1. The summed E-state index contributed by atoms with van der Waals surface area (Å²) in [7, 11) is 0. The number of carbonyl (C=O) groups is 1. The molecule has 0 spiro atoms. The Labute approximate surface area is 146 Å². The molecule has 1 amide bonds. The fourth-order valence-electron chi connectivity index (χ4n) is 2.85. The number of aryl methyl sites for hydroxylation is 2. The standard InChI is InChI=1S/C17H23N5OS/c1-3-15-19-17(24-20-15)22-8-4-7-21(9-10-22)16(23)11-14-5-6-18-12-13(14)2/h5-6,12H,3-4,7-11H2,1-2H3. The number of pyridine rings is 1. The number of hydrogen-bond donors (Lipinski definition) is 0. The van der Waals surface area contributed by atoms with Gasteiger partial charge in [0.15, 0.2) is 0 Å². The molecule has 1 aliphatic heterocycles. The summed E-state index contributed by atoms with van der Waals surface area (Å²) in [5, 5.41) is 0.978. The normalized spacial score (nSPS) is 15.4. The topological polar surface area (TPSA) is 62.2 Å². The Hall–Kier alpha value is -2.02. The van der Waals surface area contributed by atoms with Crippen LogP contribution < -0.4 is 4.90 Å². The van der Waals surface area contributed by atoms with Crippen molar-refractivity contribution in [2.24, 2.45) is 0 Å². The molecule has 2 aromatic rings. The van der Waals surface area contributed by atoms with Gasteiger partial charge in [-0.3, -0.25) is 9.78 Å². The Bertz CT molecular complexity index is 702. The highest BCUT2D eigenvalue weighted by molar-refractivity contribution is 7.09. The largest absolute Gasteiger partial charge is 0.345 e. The van der Waals surface area contributed by atoms with Crippen LogP contribution in [0.5, 0.6) is 0 Å². The minimum absolute atomic E-state index is 0.192. The van der Waals surface area contributed by atoms with Gasteiger partial charge >= 0.3 is 0 Å². The molecule has 3 heterocycles. The van der Waals surface area contributed by atoms with Gasteiger partial charge in [0, 0.05) is 56.5 Å². The van der Waals surface area contributed by atoms with Crippen LogP contribution in [0.15, 0.2) is 18.5 Å². The second kappa shape index (κ2) is 7.70. The van der Waals surface area contributed by atoms with E-state index in [9.17, 15) is 4.79 Å². The lowest BCUT2D eigenvalue weighted by molar-refractivity contribution is -0.130. The van der Waals surface area contributed by atoms with E-state index in [1.807, 2.05) is 24.1 Å². The highest BCUT2D eigenvalue weighted by atomic mass is 32.1. The van der Waals surface area contributed by atoms with Gasteiger partial charge in [0.25, 0.3) is 0 Å². The number of hydrogen-bond acceptors (Lipinski definition) is 6. The quantitative estimate of drug-likeness (QED) is 0.849. The Morgan fingerprint density at radius 1 is 1.29 bits per heavy atom. The van der Waals surface area contributed by atoms with Gasteiger partial charge in [0.1, 0.15) is 5.82 Å². The smallest absolute Gasteiger partial charge is 0.227 e. The van der Waals surface area contributed by atoms with Crippen molar-refractivity contribution < 1.29 is 4.79 Å². The molecule has 6 nitrogen and oxygen atoms in total. The fraction of sp³-hybridized carbons (Fsp3) is 0.529. The van der Waals surface area contributed by atoms with E-state index in [1.165, 1.54) is 11.5 Å². The molecule has 0 atom stereocenters. The molecule has 0 bridgehead atoms. The van der Waals surface area contributed by atoms with Crippen molar-refractivity contribution in [3.63, 3.8) is 0 Å². The van der Waals surface area contributed by atoms with Crippen LogP contribution in [0, 0.1) is 6.92 Å². The van der Waals surface area contributed by atoms with E-state index >= 15 is 0 Å². The summed E-state index contributed by atoms with van der Waals surface area (Å²) < 4.78 is 4.36. The van der Waals surface area contributed by atoms with E-state index < -0.39 is 0 Å². The van der Waals surface area contributed by atoms with Crippen LogP contribution in [0.25, 0.3) is 0 Å². The Morgan fingerprint density at radius 2 is 2.17 bits per heavy atom. The SMILES string of the molecule is CCc1nsc(N2CCCN(C(=O)Cc3ccncc3C)CC2)n1. The minimum Gasteiger partial charge on any atom is -0.345 e. The van der Waals surface area contributed by atoms with Crippen molar-refractivity contribution >= 4 is 22.6 Å². The van der Waals surface area contributed by atoms with Gasteiger partial charge in [0.2, 0.25) is 11.0 Å². The van der Waals surface area contributed by atoms with Gasteiger partial charge < -0.3 is 9.80 Å². The highest BCUT2D eigenvalue weighted by Gasteiger charge is 2.21. The molecule has 0 unspecified atom stereocenters. The highest BCUT2D eigenvalue weighted by Crippen LogP contribution is 2.19. The van der Waals surface area contributed by atoms with Crippen molar-refractivity contribution in [1.29, 1.82) is 0 Å². The monoisotopic (exact) mass is 345 g/mol. The number of nitrogens with zero attached hydrogens (tertiary/aromatic N) is 5. The summed E-state index contributed by atoms with van der Waals surface area (Å²) in [6.07, 6.45) is 5.84. The molecule has 2 aromatic heterocycles. The summed E-state index contributed by atoms with van der Waals surface area (Å²) in [6.45, 7) is 7.36. The van der Waals surface area contributed by atoms with Crippen LogP contribution >= 0.6 is 11.5 Å². The molecule has 7 heteroatoms. The number of carbonyl (C=O) groups excluding carboxylic acids is 1. The van der Waals surface area contributed by atoms with E-state index in [-0.39, 0.29) is 5.91 Å². The molecule has 0 radical (unpaired) electrons. The number of rotatable bonds is 4. The molecule has 0 N–H and O–H groups in total. The zero-order valence-corrected chi connectivity index (χ0v) is 15.1. The minimum atomic E-state index is 0.192. The first-order valence-electron chi connectivity index (χ1n) is 8.42. The predicted molar refractivity (Wildman–Crippen MR) is 95.4 cm³/mol. The van der Waals surface area contributed by atoms with Gasteiger partial charge in [-0.05, 0) is 30.5 Å². The van der Waals surface area contributed by atoms with Crippen LogP contribution in [0.3, 0.4) is 0 Å². The maximum absolute atomic E-state index is 12.6. The van der Waals surface area contributed by atoms with Crippen molar-refractivity contribution in [1.82, 2.24) is 19.2 Å². The van der Waals surface area contributed by atoms with Crippen molar-refractivity contribution in [2.75, 3.05) is 31.1 Å². The van der Waals surface area contributed by atoms with Crippen molar-refractivity contribution in [3.8, 4) is 0 Å². The zero-order chi connectivity index (χ0) is 16.9. The van der Waals surface area contributed by atoms with E-state index in [0.29, 0.717) is 6.42 Å². The van der Waals surface area contributed by atoms with Crippen molar-refractivity contribution in [3.05, 3.63) is 35.4 Å². The van der Waals surface area contributed by atoms with Crippen molar-refractivity contribution in [2.45, 2.75) is 33.1 Å². The van der Waals surface area contributed by atoms with E-state index in [4.69, 9.17) is 0 Å². The van der Waals surface area contributed by atoms with Gasteiger partial charge in [-0.25, -0.2) is 4.98 Å². The van der Waals surface area contributed by atoms with Crippen LogP contribution in [0.1, 0.15) is 30.3 Å². The number of anilines is 1. The third kappa shape index (κ3) is 3.90. The molecule has 0 aromatic carbocycles. The third-order valence-electron chi connectivity index (χ3n) is 4.37. The predicted octanol–water partition coefficient (Wildman–Crippen LogP) is 2.09. The average molecular weight is 345 g/mol. The fourth-order valence-corrected chi connectivity index (χ4v) is 3.65. The molecule has 1 fully saturated rings.